The van der Waals surface area contributed by atoms with Gasteiger partial charge in [0.1, 0.15) is 11.8 Å². The SMILES string of the molecule is CC(C)(C)c1ccccc1OCC(=O)N(Cc1ccccc1Cl)[C@H](Cc1ccccc1)C(=O)NC1CCCC1. The Kier molecular flexibility index (Phi) is 9.68. The molecule has 4 rings (SSSR count). The van der Waals surface area contributed by atoms with E-state index in [1.807, 2.05) is 72.8 Å². The standard InChI is InChI=1S/C33H39ClN2O3/c1-33(2,3)27-18-10-12-20-30(27)39-23-31(37)36(22-25-15-7-11-19-28(25)34)29(21-24-13-5-4-6-14-24)32(38)35-26-16-8-9-17-26/h4-7,10-15,18-20,26,29H,8-9,16-17,21-23H2,1-3H3,(H,35,38)/t29-/m1/s1. The van der Waals surface area contributed by atoms with Crippen molar-refractivity contribution < 1.29 is 14.3 Å². The highest BCUT2D eigenvalue weighted by Gasteiger charge is 2.33. The van der Waals surface area contributed by atoms with Crippen LogP contribution in [0.2, 0.25) is 5.02 Å². The molecule has 1 atom stereocenters. The van der Waals surface area contributed by atoms with Crippen molar-refractivity contribution in [2.75, 3.05) is 6.61 Å². The van der Waals surface area contributed by atoms with E-state index >= 15 is 0 Å². The number of carbonyl (C=O) groups excluding carboxylic acids is 2. The molecule has 1 N–H and O–H groups in total. The zero-order valence-electron chi connectivity index (χ0n) is 23.2. The van der Waals surface area contributed by atoms with Crippen LogP contribution in [-0.4, -0.2) is 35.4 Å². The lowest BCUT2D eigenvalue weighted by molar-refractivity contribution is -0.143. The van der Waals surface area contributed by atoms with Crippen LogP contribution >= 0.6 is 11.6 Å². The smallest absolute Gasteiger partial charge is 0.261 e. The predicted octanol–water partition coefficient (Wildman–Crippen LogP) is 6.72. The lowest BCUT2D eigenvalue weighted by atomic mass is 9.86. The van der Waals surface area contributed by atoms with E-state index in [0.29, 0.717) is 17.2 Å². The van der Waals surface area contributed by atoms with Gasteiger partial charge in [0.15, 0.2) is 6.61 Å². The topological polar surface area (TPSA) is 58.6 Å². The van der Waals surface area contributed by atoms with E-state index < -0.39 is 6.04 Å². The average Bonchev–Trinajstić information content (AvgIpc) is 3.43. The molecule has 6 heteroatoms. The average molecular weight is 547 g/mol. The van der Waals surface area contributed by atoms with Crippen molar-refractivity contribution in [3.8, 4) is 5.75 Å². The van der Waals surface area contributed by atoms with E-state index in [-0.39, 0.29) is 36.4 Å². The normalized spacial score (nSPS) is 14.6. The van der Waals surface area contributed by atoms with Crippen LogP contribution in [0.4, 0.5) is 0 Å². The van der Waals surface area contributed by atoms with Crippen LogP contribution in [-0.2, 0) is 28.0 Å². The molecule has 1 aliphatic carbocycles. The molecular formula is C33H39ClN2O3. The number of ether oxygens (including phenoxy) is 1. The highest BCUT2D eigenvalue weighted by atomic mass is 35.5. The van der Waals surface area contributed by atoms with Gasteiger partial charge < -0.3 is 15.0 Å². The Morgan fingerprint density at radius 2 is 1.59 bits per heavy atom. The predicted molar refractivity (Wildman–Crippen MR) is 157 cm³/mol. The Morgan fingerprint density at radius 1 is 0.949 bits per heavy atom. The summed E-state index contributed by atoms with van der Waals surface area (Å²) in [5.41, 5.74) is 2.65. The Bertz CT molecular complexity index is 1250. The van der Waals surface area contributed by atoms with E-state index in [2.05, 4.69) is 26.1 Å². The first-order valence-electron chi connectivity index (χ1n) is 13.8. The maximum atomic E-state index is 13.9. The van der Waals surface area contributed by atoms with Gasteiger partial charge in [-0.15, -0.1) is 0 Å². The third-order valence-electron chi connectivity index (χ3n) is 7.32. The third-order valence-corrected chi connectivity index (χ3v) is 7.69. The highest BCUT2D eigenvalue weighted by Crippen LogP contribution is 2.31. The van der Waals surface area contributed by atoms with Gasteiger partial charge >= 0.3 is 0 Å². The van der Waals surface area contributed by atoms with Crippen LogP contribution < -0.4 is 10.1 Å². The number of halogens is 1. The lowest BCUT2D eigenvalue weighted by Crippen LogP contribution is -2.53. The quantitative estimate of drug-likeness (QED) is 0.307. The molecule has 0 aromatic heterocycles. The monoisotopic (exact) mass is 546 g/mol. The summed E-state index contributed by atoms with van der Waals surface area (Å²) < 4.78 is 6.13. The van der Waals surface area contributed by atoms with Crippen LogP contribution in [0.25, 0.3) is 0 Å². The summed E-state index contributed by atoms with van der Waals surface area (Å²) in [5, 5.41) is 3.79. The number of hydrogen-bond acceptors (Lipinski definition) is 3. The summed E-state index contributed by atoms with van der Waals surface area (Å²) in [6.45, 7) is 6.37. The molecule has 5 nitrogen and oxygen atoms in total. The minimum absolute atomic E-state index is 0.138. The van der Waals surface area contributed by atoms with Crippen LogP contribution in [0.3, 0.4) is 0 Å². The molecule has 0 saturated heterocycles. The first-order chi connectivity index (χ1) is 18.7. The third kappa shape index (κ3) is 7.86. The fraction of sp³-hybridized carbons (Fsp3) is 0.394. The zero-order valence-corrected chi connectivity index (χ0v) is 23.9. The van der Waals surface area contributed by atoms with Crippen molar-refractivity contribution in [3.05, 3.63) is 101 Å². The van der Waals surface area contributed by atoms with Gasteiger partial charge in [-0.2, -0.15) is 0 Å². The molecule has 1 saturated carbocycles. The Morgan fingerprint density at radius 3 is 2.28 bits per heavy atom. The van der Waals surface area contributed by atoms with Crippen molar-refractivity contribution in [1.82, 2.24) is 10.2 Å². The second-order valence-electron chi connectivity index (χ2n) is 11.3. The van der Waals surface area contributed by atoms with Gasteiger partial charge in [0, 0.05) is 24.0 Å². The van der Waals surface area contributed by atoms with E-state index in [9.17, 15) is 9.59 Å². The van der Waals surface area contributed by atoms with Gasteiger partial charge in [0.25, 0.3) is 5.91 Å². The van der Waals surface area contributed by atoms with Crippen molar-refractivity contribution >= 4 is 23.4 Å². The fourth-order valence-corrected chi connectivity index (χ4v) is 5.36. The van der Waals surface area contributed by atoms with E-state index in [4.69, 9.17) is 16.3 Å². The van der Waals surface area contributed by atoms with Gasteiger partial charge in [-0.05, 0) is 47.1 Å². The number of rotatable bonds is 10. The first-order valence-corrected chi connectivity index (χ1v) is 14.2. The number of para-hydroxylation sites is 1. The Labute approximate surface area is 237 Å². The molecule has 3 aromatic carbocycles. The molecule has 3 aromatic rings. The van der Waals surface area contributed by atoms with E-state index in [0.717, 1.165) is 42.4 Å². The fourth-order valence-electron chi connectivity index (χ4n) is 5.17. The molecule has 1 fully saturated rings. The minimum atomic E-state index is -0.710. The summed E-state index contributed by atoms with van der Waals surface area (Å²) in [5.74, 6) is 0.272. The van der Waals surface area contributed by atoms with Crippen molar-refractivity contribution in [2.24, 2.45) is 0 Å². The summed E-state index contributed by atoms with van der Waals surface area (Å²) >= 11 is 6.53. The highest BCUT2D eigenvalue weighted by molar-refractivity contribution is 6.31. The van der Waals surface area contributed by atoms with E-state index in [1.54, 1.807) is 11.0 Å². The molecule has 39 heavy (non-hydrogen) atoms. The van der Waals surface area contributed by atoms with Gasteiger partial charge in [-0.1, -0.05) is 112 Å². The van der Waals surface area contributed by atoms with Crippen LogP contribution in [0.15, 0.2) is 78.9 Å². The summed E-state index contributed by atoms with van der Waals surface area (Å²) in [7, 11) is 0. The molecule has 1 aliphatic rings. The van der Waals surface area contributed by atoms with Crippen LogP contribution in [0.1, 0.15) is 63.1 Å². The van der Waals surface area contributed by atoms with Crippen LogP contribution in [0.5, 0.6) is 5.75 Å². The molecule has 0 radical (unpaired) electrons. The summed E-state index contributed by atoms with van der Waals surface area (Å²) in [4.78, 5) is 29.4. The van der Waals surface area contributed by atoms with Gasteiger partial charge in [-0.25, -0.2) is 0 Å². The zero-order chi connectivity index (χ0) is 27.8. The Balaban J connectivity index is 1.64. The number of hydrogen-bond donors (Lipinski definition) is 1. The summed E-state index contributed by atoms with van der Waals surface area (Å²) in [6.07, 6.45) is 4.55. The minimum Gasteiger partial charge on any atom is -0.483 e. The van der Waals surface area contributed by atoms with Crippen LogP contribution in [0, 0.1) is 0 Å². The van der Waals surface area contributed by atoms with Crippen molar-refractivity contribution in [3.63, 3.8) is 0 Å². The Hall–Kier alpha value is -3.31. The number of nitrogens with zero attached hydrogens (tertiary/aromatic N) is 1. The number of carbonyl (C=O) groups is 2. The van der Waals surface area contributed by atoms with Crippen molar-refractivity contribution in [1.29, 1.82) is 0 Å². The van der Waals surface area contributed by atoms with Crippen molar-refractivity contribution in [2.45, 2.75) is 76.9 Å². The molecule has 0 unspecified atom stereocenters. The maximum Gasteiger partial charge on any atom is 0.261 e. The maximum absolute atomic E-state index is 13.9. The lowest BCUT2D eigenvalue weighted by Gasteiger charge is -2.33. The molecule has 206 valence electrons. The number of amides is 2. The molecule has 0 spiro atoms. The summed E-state index contributed by atoms with van der Waals surface area (Å²) in [6, 6.07) is 24.5. The molecule has 0 bridgehead atoms. The molecule has 0 heterocycles. The number of benzene rings is 3. The second-order valence-corrected chi connectivity index (χ2v) is 11.8. The second kappa shape index (κ2) is 13.2. The molecule has 0 aliphatic heterocycles. The first kappa shape index (κ1) is 28.7. The van der Waals surface area contributed by atoms with Gasteiger partial charge in [0.05, 0.1) is 0 Å². The van der Waals surface area contributed by atoms with Gasteiger partial charge in [-0.3, -0.25) is 9.59 Å². The van der Waals surface area contributed by atoms with Gasteiger partial charge in [0.2, 0.25) is 5.91 Å². The molecule has 2 amide bonds. The largest absolute Gasteiger partial charge is 0.483 e. The molecular weight excluding hydrogens is 508 g/mol. The number of nitrogens with one attached hydrogen (secondary N) is 1. The van der Waals surface area contributed by atoms with E-state index in [1.165, 1.54) is 0 Å².